The van der Waals surface area contributed by atoms with E-state index in [1.54, 1.807) is 0 Å². The number of hydrogen-bond donors (Lipinski definition) is 2. The Labute approximate surface area is 158 Å². The Bertz CT molecular complexity index is 1250. The molecule has 0 fully saturated rings. The number of nitrogens with zero attached hydrogens (tertiary/aromatic N) is 1. The molecule has 0 saturated carbocycles. The van der Waals surface area contributed by atoms with Crippen molar-refractivity contribution in [1.82, 2.24) is 9.88 Å². The maximum absolute atomic E-state index is 14.5. The van der Waals surface area contributed by atoms with Crippen molar-refractivity contribution in [3.05, 3.63) is 51.1 Å². The summed E-state index contributed by atoms with van der Waals surface area (Å²) < 4.78 is 79.1. The molecule has 3 N–H and O–H groups in total. The molecule has 1 aliphatic heterocycles. The lowest BCUT2D eigenvalue weighted by Crippen LogP contribution is -2.28. The monoisotopic (exact) mass is 435 g/mol. The molecule has 2 heterocycles. The Morgan fingerprint density at radius 1 is 1.10 bits per heavy atom. The largest absolute Gasteiger partial charge is 0.534 e. The lowest BCUT2D eigenvalue weighted by Gasteiger charge is -2.16. The zero-order valence-electron chi connectivity index (χ0n) is 14.1. The Morgan fingerprint density at radius 3 is 2.31 bits per heavy atom. The van der Waals surface area contributed by atoms with Crippen LogP contribution in [0.3, 0.4) is 0 Å². The van der Waals surface area contributed by atoms with E-state index in [1.165, 1.54) is 0 Å². The van der Waals surface area contributed by atoms with Crippen molar-refractivity contribution < 1.29 is 39.8 Å². The van der Waals surface area contributed by atoms with Crippen molar-refractivity contribution in [1.29, 1.82) is 0 Å². The summed E-state index contributed by atoms with van der Waals surface area (Å²) in [5, 5.41) is 1.88. The molecule has 2 aromatic rings. The summed E-state index contributed by atoms with van der Waals surface area (Å²) in [5.41, 5.74) is -3.07. The fourth-order valence-corrected chi connectivity index (χ4v) is 3.11. The molecule has 9 nitrogen and oxygen atoms in total. The topological polar surface area (TPSA) is 138 Å². The standard InChI is InChI=1S/C15H9F4N3O6S/c1-5-2-7(16)8(4-9(5)28-29(26,27)15(17,18)19)22-10(23)3-6-11(12(22)20)14(25)21-13(6)24/h2-4H,20H2,1H3,(H,21,24,25). The van der Waals surface area contributed by atoms with E-state index in [2.05, 4.69) is 4.18 Å². The van der Waals surface area contributed by atoms with Gasteiger partial charge in [0.15, 0.2) is 0 Å². The number of carbonyl (C=O) groups is 2. The summed E-state index contributed by atoms with van der Waals surface area (Å²) in [6.07, 6.45) is 0. The zero-order chi connectivity index (χ0) is 21.9. The Hall–Kier alpha value is -3.42. The minimum atomic E-state index is -6.08. The van der Waals surface area contributed by atoms with Crippen LogP contribution in [0.25, 0.3) is 5.69 Å². The number of alkyl halides is 3. The molecule has 3 rings (SSSR count). The first-order chi connectivity index (χ1) is 13.2. The first-order valence-corrected chi connectivity index (χ1v) is 8.88. The maximum Gasteiger partial charge on any atom is 0.534 e. The van der Waals surface area contributed by atoms with Gasteiger partial charge in [-0.3, -0.25) is 24.3 Å². The van der Waals surface area contributed by atoms with Gasteiger partial charge in [0.05, 0.1) is 16.8 Å². The number of nitrogens with two attached hydrogens (primary N) is 1. The number of benzene rings is 1. The molecule has 1 aromatic heterocycles. The van der Waals surface area contributed by atoms with Crippen molar-refractivity contribution >= 4 is 27.8 Å². The van der Waals surface area contributed by atoms with Crippen LogP contribution < -0.4 is 20.8 Å². The van der Waals surface area contributed by atoms with Crippen molar-refractivity contribution in [2.24, 2.45) is 0 Å². The average molecular weight is 435 g/mol. The van der Waals surface area contributed by atoms with E-state index in [-0.39, 0.29) is 11.1 Å². The first kappa shape index (κ1) is 20.3. The predicted octanol–water partition coefficient (Wildman–Crippen LogP) is 0.979. The fourth-order valence-electron chi connectivity index (χ4n) is 2.60. The van der Waals surface area contributed by atoms with Crippen LogP contribution in [-0.2, 0) is 10.1 Å². The van der Waals surface area contributed by atoms with Gasteiger partial charge in [-0.05, 0) is 18.6 Å². The third kappa shape index (κ3) is 3.20. The van der Waals surface area contributed by atoms with Crippen LogP contribution in [0.1, 0.15) is 26.3 Å². The number of imide groups is 1. The van der Waals surface area contributed by atoms with Crippen molar-refractivity contribution in [2.75, 3.05) is 5.73 Å². The fraction of sp³-hybridized carbons (Fsp3) is 0.133. The molecule has 0 saturated heterocycles. The number of amides is 2. The highest BCUT2D eigenvalue weighted by Gasteiger charge is 2.48. The molecule has 0 atom stereocenters. The molecule has 0 bridgehead atoms. The van der Waals surface area contributed by atoms with E-state index in [4.69, 9.17) is 5.73 Å². The summed E-state index contributed by atoms with van der Waals surface area (Å²) in [6, 6.07) is 1.80. The number of anilines is 1. The molecular weight excluding hydrogens is 426 g/mol. The SMILES string of the molecule is Cc1cc(F)c(-n2c(N)c3c(cc2=O)C(=O)NC3=O)cc1OS(=O)(=O)C(F)(F)F. The highest BCUT2D eigenvalue weighted by atomic mass is 32.2. The molecule has 2 amide bonds. The number of pyridine rings is 1. The zero-order valence-corrected chi connectivity index (χ0v) is 14.9. The van der Waals surface area contributed by atoms with Crippen LogP contribution >= 0.6 is 0 Å². The lowest BCUT2D eigenvalue weighted by atomic mass is 10.1. The highest BCUT2D eigenvalue weighted by molar-refractivity contribution is 7.88. The van der Waals surface area contributed by atoms with E-state index in [9.17, 15) is 40.4 Å². The summed E-state index contributed by atoms with van der Waals surface area (Å²) in [5.74, 6) is -4.67. The minimum absolute atomic E-state index is 0.334. The van der Waals surface area contributed by atoms with Gasteiger partial charge in [0.2, 0.25) is 0 Å². The number of carbonyl (C=O) groups excluding carboxylic acids is 2. The molecule has 1 aliphatic rings. The molecule has 154 valence electrons. The van der Waals surface area contributed by atoms with Gasteiger partial charge in [-0.1, -0.05) is 0 Å². The van der Waals surface area contributed by atoms with Crippen LogP contribution in [0.4, 0.5) is 23.4 Å². The number of hydrogen-bond acceptors (Lipinski definition) is 7. The number of rotatable bonds is 3. The number of nitrogens with one attached hydrogen (secondary N) is 1. The van der Waals surface area contributed by atoms with Crippen LogP contribution in [0.2, 0.25) is 0 Å². The van der Waals surface area contributed by atoms with Gasteiger partial charge in [-0.25, -0.2) is 4.39 Å². The summed E-state index contributed by atoms with van der Waals surface area (Å²) in [4.78, 5) is 35.8. The van der Waals surface area contributed by atoms with Gasteiger partial charge in [0.1, 0.15) is 17.4 Å². The molecule has 0 unspecified atom stereocenters. The van der Waals surface area contributed by atoms with E-state index in [1.807, 2.05) is 5.32 Å². The van der Waals surface area contributed by atoms with Gasteiger partial charge < -0.3 is 9.92 Å². The number of nitrogen functional groups attached to an aromatic ring is 1. The molecule has 0 radical (unpaired) electrons. The third-order valence-corrected chi connectivity index (χ3v) is 4.89. The van der Waals surface area contributed by atoms with Gasteiger partial charge in [-0.2, -0.15) is 21.6 Å². The molecule has 1 aromatic carbocycles. The number of aromatic nitrogens is 1. The maximum atomic E-state index is 14.5. The van der Waals surface area contributed by atoms with E-state index in [0.29, 0.717) is 22.8 Å². The molecule has 14 heteroatoms. The Kier molecular flexibility index (Phi) is 4.41. The number of fused-ring (bicyclic) bond motifs is 1. The Morgan fingerprint density at radius 2 is 1.72 bits per heavy atom. The number of halogens is 4. The average Bonchev–Trinajstić information content (AvgIpc) is 2.84. The van der Waals surface area contributed by atoms with Gasteiger partial charge in [0.25, 0.3) is 17.4 Å². The number of aryl methyl sites for hydroxylation is 1. The highest BCUT2D eigenvalue weighted by Crippen LogP contribution is 2.32. The first-order valence-electron chi connectivity index (χ1n) is 7.47. The minimum Gasteiger partial charge on any atom is -0.384 e. The second-order valence-corrected chi connectivity index (χ2v) is 7.37. The van der Waals surface area contributed by atoms with Crippen LogP contribution in [0.5, 0.6) is 5.75 Å². The van der Waals surface area contributed by atoms with E-state index >= 15 is 0 Å². The molecule has 0 aliphatic carbocycles. The summed E-state index contributed by atoms with van der Waals surface area (Å²) in [7, 11) is -6.08. The normalized spacial score (nSPS) is 14.0. The van der Waals surface area contributed by atoms with Crippen LogP contribution in [0.15, 0.2) is 23.0 Å². The van der Waals surface area contributed by atoms with Gasteiger partial charge in [-0.15, -0.1) is 0 Å². The van der Waals surface area contributed by atoms with Crippen LogP contribution in [-0.4, -0.2) is 30.3 Å². The smallest absolute Gasteiger partial charge is 0.384 e. The third-order valence-electron chi connectivity index (χ3n) is 3.92. The van der Waals surface area contributed by atoms with Crippen molar-refractivity contribution in [2.45, 2.75) is 12.4 Å². The van der Waals surface area contributed by atoms with Crippen molar-refractivity contribution in [3.8, 4) is 11.4 Å². The lowest BCUT2D eigenvalue weighted by molar-refractivity contribution is -0.0500. The van der Waals surface area contributed by atoms with Gasteiger partial charge >= 0.3 is 15.6 Å². The Balaban J connectivity index is 2.24. The molecule has 0 spiro atoms. The van der Waals surface area contributed by atoms with Crippen molar-refractivity contribution in [3.63, 3.8) is 0 Å². The second kappa shape index (κ2) is 6.30. The van der Waals surface area contributed by atoms with E-state index in [0.717, 1.165) is 6.92 Å². The van der Waals surface area contributed by atoms with E-state index < -0.39 is 61.6 Å². The second-order valence-electron chi connectivity index (χ2n) is 5.83. The summed E-state index contributed by atoms with van der Waals surface area (Å²) >= 11 is 0. The molecule has 29 heavy (non-hydrogen) atoms. The molecular formula is C15H9F4N3O6S. The summed E-state index contributed by atoms with van der Waals surface area (Å²) in [6.45, 7) is 1.06. The van der Waals surface area contributed by atoms with Gasteiger partial charge in [0, 0.05) is 12.1 Å². The predicted molar refractivity (Wildman–Crippen MR) is 88.5 cm³/mol. The van der Waals surface area contributed by atoms with Crippen LogP contribution in [0, 0.1) is 12.7 Å². The quantitative estimate of drug-likeness (QED) is 0.317.